The van der Waals surface area contributed by atoms with Crippen LogP contribution in [0, 0.1) is 5.92 Å². The van der Waals surface area contributed by atoms with Crippen molar-refractivity contribution in [1.29, 1.82) is 0 Å². The number of nitrogen functional groups attached to an aromatic ring is 1. The number of ether oxygens (including phenoxy) is 1. The predicted octanol–water partition coefficient (Wildman–Crippen LogP) is 2.71. The quantitative estimate of drug-likeness (QED) is 0.491. The number of carbonyl (C=O) groups is 1. The van der Waals surface area contributed by atoms with E-state index in [2.05, 4.69) is 0 Å². The van der Waals surface area contributed by atoms with Gasteiger partial charge in [0, 0.05) is 5.69 Å². The molecule has 1 aromatic rings. The van der Waals surface area contributed by atoms with Crippen molar-refractivity contribution >= 4 is 11.7 Å². The number of carbonyl (C=O) groups excluding carboxylic acids is 1. The Morgan fingerprint density at radius 3 is 2.78 bits per heavy atom. The third-order valence-corrected chi connectivity index (χ3v) is 3.43. The van der Waals surface area contributed by atoms with E-state index in [0.717, 1.165) is 12.8 Å². The molecule has 4 heteroatoms. The molecule has 0 amide bonds. The van der Waals surface area contributed by atoms with Gasteiger partial charge in [-0.3, -0.25) is 0 Å². The molecule has 0 spiro atoms. The lowest BCUT2D eigenvalue weighted by Gasteiger charge is -2.21. The minimum Gasteiger partial charge on any atom is -0.508 e. The first kappa shape index (κ1) is 12.7. The van der Waals surface area contributed by atoms with Gasteiger partial charge in [0.05, 0.1) is 12.2 Å². The van der Waals surface area contributed by atoms with Crippen molar-refractivity contribution in [2.45, 2.75) is 32.1 Å². The fourth-order valence-electron chi connectivity index (χ4n) is 2.35. The highest BCUT2D eigenvalue weighted by atomic mass is 16.5. The second-order valence-electron chi connectivity index (χ2n) is 4.87. The van der Waals surface area contributed by atoms with Gasteiger partial charge in [0.15, 0.2) is 0 Å². The van der Waals surface area contributed by atoms with Crippen LogP contribution in [-0.4, -0.2) is 17.7 Å². The normalized spacial score (nSPS) is 16.4. The van der Waals surface area contributed by atoms with E-state index in [-0.39, 0.29) is 11.3 Å². The Balaban J connectivity index is 1.92. The molecule has 0 bridgehead atoms. The van der Waals surface area contributed by atoms with Gasteiger partial charge >= 0.3 is 5.97 Å². The summed E-state index contributed by atoms with van der Waals surface area (Å²) in [5.41, 5.74) is 6.26. The Kier molecular flexibility index (Phi) is 4.07. The molecule has 0 atom stereocenters. The van der Waals surface area contributed by atoms with Crippen LogP contribution in [0.4, 0.5) is 5.69 Å². The molecule has 0 radical (unpaired) electrons. The van der Waals surface area contributed by atoms with Gasteiger partial charge in [0.1, 0.15) is 5.75 Å². The second-order valence-corrected chi connectivity index (χ2v) is 4.87. The molecule has 1 aliphatic carbocycles. The number of benzene rings is 1. The van der Waals surface area contributed by atoms with E-state index in [4.69, 9.17) is 10.5 Å². The van der Waals surface area contributed by atoms with Crippen LogP contribution in [0.5, 0.6) is 5.75 Å². The Labute approximate surface area is 107 Å². The van der Waals surface area contributed by atoms with Crippen LogP contribution in [0.3, 0.4) is 0 Å². The van der Waals surface area contributed by atoms with Crippen molar-refractivity contribution in [3.05, 3.63) is 23.8 Å². The monoisotopic (exact) mass is 249 g/mol. The molecule has 0 saturated heterocycles. The molecule has 1 aromatic carbocycles. The van der Waals surface area contributed by atoms with Gasteiger partial charge in [-0.05, 0) is 37.0 Å². The van der Waals surface area contributed by atoms with Crippen molar-refractivity contribution < 1.29 is 14.6 Å². The van der Waals surface area contributed by atoms with Crippen LogP contribution >= 0.6 is 0 Å². The summed E-state index contributed by atoms with van der Waals surface area (Å²) in [6, 6.07) is 4.30. The largest absolute Gasteiger partial charge is 0.508 e. The smallest absolute Gasteiger partial charge is 0.340 e. The number of anilines is 1. The summed E-state index contributed by atoms with van der Waals surface area (Å²) < 4.78 is 5.27. The standard InChI is InChI=1S/C14H19NO3/c15-13-7-6-11(16)8-12(13)14(17)18-9-10-4-2-1-3-5-10/h6-8,10,16H,1-5,9,15H2. The highest BCUT2D eigenvalue weighted by Crippen LogP contribution is 2.25. The number of hydrogen-bond donors (Lipinski definition) is 2. The minimum atomic E-state index is -0.450. The van der Waals surface area contributed by atoms with E-state index in [1.54, 1.807) is 0 Å². The molecule has 3 N–H and O–H groups in total. The minimum absolute atomic E-state index is 0.0221. The molecule has 0 aliphatic heterocycles. The van der Waals surface area contributed by atoms with Gasteiger partial charge in [-0.25, -0.2) is 4.79 Å². The van der Waals surface area contributed by atoms with Crippen LogP contribution in [-0.2, 0) is 4.74 Å². The molecule has 4 nitrogen and oxygen atoms in total. The third kappa shape index (κ3) is 3.15. The number of phenolic OH excluding ortho intramolecular Hbond substituents is 1. The summed E-state index contributed by atoms with van der Waals surface area (Å²) in [6.45, 7) is 0.452. The SMILES string of the molecule is Nc1ccc(O)cc1C(=O)OCC1CCCCC1. The van der Waals surface area contributed by atoms with Crippen molar-refractivity contribution in [2.75, 3.05) is 12.3 Å². The highest BCUT2D eigenvalue weighted by molar-refractivity contribution is 5.95. The molecule has 98 valence electrons. The van der Waals surface area contributed by atoms with E-state index in [1.807, 2.05) is 0 Å². The van der Waals surface area contributed by atoms with E-state index < -0.39 is 5.97 Å². The van der Waals surface area contributed by atoms with E-state index in [0.29, 0.717) is 18.2 Å². The summed E-state index contributed by atoms with van der Waals surface area (Å²) in [7, 11) is 0. The third-order valence-electron chi connectivity index (χ3n) is 3.43. The molecular formula is C14H19NO3. The van der Waals surface area contributed by atoms with Gasteiger partial charge in [-0.2, -0.15) is 0 Å². The summed E-state index contributed by atoms with van der Waals surface area (Å²) in [4.78, 5) is 11.8. The molecule has 1 aliphatic rings. The molecule has 1 fully saturated rings. The van der Waals surface area contributed by atoms with Crippen molar-refractivity contribution in [1.82, 2.24) is 0 Å². The van der Waals surface area contributed by atoms with Crippen molar-refractivity contribution in [3.63, 3.8) is 0 Å². The van der Waals surface area contributed by atoms with Gasteiger partial charge < -0.3 is 15.6 Å². The first-order valence-electron chi connectivity index (χ1n) is 6.42. The fraction of sp³-hybridized carbons (Fsp3) is 0.500. The van der Waals surface area contributed by atoms with E-state index >= 15 is 0 Å². The molecular weight excluding hydrogens is 230 g/mol. The Morgan fingerprint density at radius 1 is 1.33 bits per heavy atom. The topological polar surface area (TPSA) is 72.5 Å². The molecule has 0 unspecified atom stereocenters. The van der Waals surface area contributed by atoms with Crippen LogP contribution < -0.4 is 5.73 Å². The lowest BCUT2D eigenvalue weighted by molar-refractivity contribution is 0.0411. The predicted molar refractivity (Wildman–Crippen MR) is 69.4 cm³/mol. The zero-order chi connectivity index (χ0) is 13.0. The van der Waals surface area contributed by atoms with Crippen LogP contribution in [0.15, 0.2) is 18.2 Å². The summed E-state index contributed by atoms with van der Waals surface area (Å²) in [5.74, 6) is 0.0454. The summed E-state index contributed by atoms with van der Waals surface area (Å²) >= 11 is 0. The molecule has 18 heavy (non-hydrogen) atoms. The maximum atomic E-state index is 11.8. The number of phenols is 1. The molecule has 0 aromatic heterocycles. The second kappa shape index (κ2) is 5.76. The number of nitrogens with two attached hydrogens (primary N) is 1. The van der Waals surface area contributed by atoms with Gasteiger partial charge in [-0.1, -0.05) is 19.3 Å². The van der Waals surface area contributed by atoms with Gasteiger partial charge in [0.25, 0.3) is 0 Å². The summed E-state index contributed by atoms with van der Waals surface area (Å²) in [5, 5.41) is 9.34. The van der Waals surface area contributed by atoms with E-state index in [9.17, 15) is 9.90 Å². The lowest BCUT2D eigenvalue weighted by Crippen LogP contribution is -2.17. The zero-order valence-electron chi connectivity index (χ0n) is 10.4. The molecule has 0 heterocycles. The zero-order valence-corrected chi connectivity index (χ0v) is 10.4. The average molecular weight is 249 g/mol. The fourth-order valence-corrected chi connectivity index (χ4v) is 2.35. The Morgan fingerprint density at radius 2 is 2.06 bits per heavy atom. The maximum absolute atomic E-state index is 11.8. The molecule has 2 rings (SSSR count). The van der Waals surface area contributed by atoms with Crippen molar-refractivity contribution in [2.24, 2.45) is 5.92 Å². The maximum Gasteiger partial charge on any atom is 0.340 e. The van der Waals surface area contributed by atoms with Gasteiger partial charge in [0.2, 0.25) is 0 Å². The lowest BCUT2D eigenvalue weighted by atomic mass is 9.90. The van der Waals surface area contributed by atoms with Crippen molar-refractivity contribution in [3.8, 4) is 5.75 Å². The van der Waals surface area contributed by atoms with Crippen LogP contribution in [0.2, 0.25) is 0 Å². The number of hydrogen-bond acceptors (Lipinski definition) is 4. The van der Waals surface area contributed by atoms with Gasteiger partial charge in [-0.15, -0.1) is 0 Å². The van der Waals surface area contributed by atoms with Crippen LogP contribution in [0.1, 0.15) is 42.5 Å². The first-order valence-corrected chi connectivity index (χ1v) is 6.42. The molecule has 1 saturated carbocycles. The van der Waals surface area contributed by atoms with Crippen LogP contribution in [0.25, 0.3) is 0 Å². The first-order chi connectivity index (χ1) is 8.66. The highest BCUT2D eigenvalue weighted by Gasteiger charge is 2.17. The Bertz CT molecular complexity index is 425. The Hall–Kier alpha value is -1.71. The summed E-state index contributed by atoms with van der Waals surface area (Å²) in [6.07, 6.45) is 5.97. The number of rotatable bonds is 3. The number of aromatic hydroxyl groups is 1. The number of esters is 1. The average Bonchev–Trinajstić information content (AvgIpc) is 2.40. The van der Waals surface area contributed by atoms with E-state index in [1.165, 1.54) is 37.5 Å².